The molecule has 0 aliphatic carbocycles. The molecule has 0 heterocycles. The molecule has 0 fully saturated rings. The first-order chi connectivity index (χ1) is 6.51. The maximum absolute atomic E-state index is 11.4. The minimum absolute atomic E-state index is 0.0143. The first kappa shape index (κ1) is 13.0. The molecule has 2 atom stereocenters. The molecular weight excluding hydrogens is 176 g/mol. The second kappa shape index (κ2) is 6.42. The van der Waals surface area contributed by atoms with E-state index in [1.54, 1.807) is 0 Å². The average molecular weight is 196 g/mol. The van der Waals surface area contributed by atoms with E-state index in [0.717, 1.165) is 6.42 Å². The van der Waals surface area contributed by atoms with Gasteiger partial charge >= 0.3 is 0 Å². The molecule has 0 spiro atoms. The van der Waals surface area contributed by atoms with Gasteiger partial charge in [0.05, 0.1) is 6.07 Å². The molecule has 0 aromatic rings. The SMILES string of the molecule is CCC(C)CC(=O)NC(C#N)C(C)C. The normalized spacial score (nSPS) is 14.6. The van der Waals surface area contributed by atoms with Crippen molar-refractivity contribution >= 4 is 5.91 Å². The zero-order chi connectivity index (χ0) is 11.1. The van der Waals surface area contributed by atoms with Gasteiger partial charge in [0.2, 0.25) is 5.91 Å². The Kier molecular flexibility index (Phi) is 5.94. The Balaban J connectivity index is 3.99. The standard InChI is InChI=1S/C11H20N2O/c1-5-9(4)6-11(14)13-10(7-12)8(2)3/h8-10H,5-6H2,1-4H3,(H,13,14). The lowest BCUT2D eigenvalue weighted by Gasteiger charge is -2.16. The molecule has 0 aromatic heterocycles. The van der Waals surface area contributed by atoms with Gasteiger partial charge in [-0.3, -0.25) is 4.79 Å². The van der Waals surface area contributed by atoms with E-state index >= 15 is 0 Å². The first-order valence-electron chi connectivity index (χ1n) is 5.20. The van der Waals surface area contributed by atoms with Crippen LogP contribution in [0.3, 0.4) is 0 Å². The van der Waals surface area contributed by atoms with Crippen molar-refractivity contribution < 1.29 is 4.79 Å². The summed E-state index contributed by atoms with van der Waals surface area (Å²) in [5.74, 6) is 0.544. The van der Waals surface area contributed by atoms with Crippen molar-refractivity contribution in [2.45, 2.75) is 46.6 Å². The second-order valence-electron chi connectivity index (χ2n) is 4.14. The Hall–Kier alpha value is -1.04. The van der Waals surface area contributed by atoms with E-state index in [-0.39, 0.29) is 17.9 Å². The molecule has 0 aliphatic heterocycles. The lowest BCUT2D eigenvalue weighted by atomic mass is 10.0. The summed E-state index contributed by atoms with van der Waals surface area (Å²) in [7, 11) is 0. The van der Waals surface area contributed by atoms with E-state index in [1.165, 1.54) is 0 Å². The Labute approximate surface area is 86.5 Å². The van der Waals surface area contributed by atoms with Crippen LogP contribution in [0.4, 0.5) is 0 Å². The van der Waals surface area contributed by atoms with Gasteiger partial charge in [-0.2, -0.15) is 5.26 Å². The lowest BCUT2D eigenvalue weighted by Crippen LogP contribution is -2.37. The van der Waals surface area contributed by atoms with Crippen LogP contribution in [0, 0.1) is 23.2 Å². The van der Waals surface area contributed by atoms with Gasteiger partial charge in [0.1, 0.15) is 6.04 Å². The van der Waals surface area contributed by atoms with Crippen molar-refractivity contribution in [3.05, 3.63) is 0 Å². The molecule has 0 rings (SSSR count). The van der Waals surface area contributed by atoms with E-state index in [1.807, 2.05) is 20.8 Å². The van der Waals surface area contributed by atoms with E-state index in [2.05, 4.69) is 18.3 Å². The maximum Gasteiger partial charge on any atom is 0.221 e. The van der Waals surface area contributed by atoms with Gasteiger partial charge in [0.25, 0.3) is 0 Å². The molecule has 0 aliphatic rings. The highest BCUT2D eigenvalue weighted by molar-refractivity contribution is 5.76. The molecule has 0 radical (unpaired) electrons. The third kappa shape index (κ3) is 4.86. The summed E-state index contributed by atoms with van der Waals surface area (Å²) >= 11 is 0. The van der Waals surface area contributed by atoms with E-state index in [0.29, 0.717) is 12.3 Å². The fourth-order valence-electron chi connectivity index (χ4n) is 1.04. The summed E-state index contributed by atoms with van der Waals surface area (Å²) in [4.78, 5) is 11.4. The molecule has 80 valence electrons. The summed E-state index contributed by atoms with van der Waals surface area (Å²) in [6, 6.07) is 1.74. The van der Waals surface area contributed by atoms with Gasteiger partial charge in [-0.25, -0.2) is 0 Å². The van der Waals surface area contributed by atoms with Crippen LogP contribution >= 0.6 is 0 Å². The van der Waals surface area contributed by atoms with Crippen LogP contribution in [-0.4, -0.2) is 11.9 Å². The molecule has 2 unspecified atom stereocenters. The topological polar surface area (TPSA) is 52.9 Å². The molecule has 3 nitrogen and oxygen atoms in total. The number of hydrogen-bond acceptors (Lipinski definition) is 2. The summed E-state index contributed by atoms with van der Waals surface area (Å²) in [5, 5.41) is 11.5. The molecule has 0 saturated carbocycles. The highest BCUT2D eigenvalue weighted by Crippen LogP contribution is 2.07. The quantitative estimate of drug-likeness (QED) is 0.732. The predicted molar refractivity (Wildman–Crippen MR) is 56.5 cm³/mol. The smallest absolute Gasteiger partial charge is 0.221 e. The van der Waals surface area contributed by atoms with Crippen molar-refractivity contribution in [2.24, 2.45) is 11.8 Å². The van der Waals surface area contributed by atoms with Crippen molar-refractivity contribution in [3.8, 4) is 6.07 Å². The van der Waals surface area contributed by atoms with Crippen molar-refractivity contribution in [3.63, 3.8) is 0 Å². The maximum atomic E-state index is 11.4. The number of hydrogen-bond donors (Lipinski definition) is 1. The first-order valence-corrected chi connectivity index (χ1v) is 5.20. The van der Waals surface area contributed by atoms with Crippen LogP contribution in [0.1, 0.15) is 40.5 Å². The van der Waals surface area contributed by atoms with Gasteiger partial charge in [-0.05, 0) is 11.8 Å². The summed E-state index contributed by atoms with van der Waals surface area (Å²) < 4.78 is 0. The van der Waals surface area contributed by atoms with E-state index in [4.69, 9.17) is 5.26 Å². The molecule has 14 heavy (non-hydrogen) atoms. The molecule has 3 heteroatoms. The van der Waals surface area contributed by atoms with Crippen molar-refractivity contribution in [1.82, 2.24) is 5.32 Å². The number of carbonyl (C=O) groups excluding carboxylic acids is 1. The second-order valence-corrected chi connectivity index (χ2v) is 4.14. The van der Waals surface area contributed by atoms with Crippen LogP contribution in [-0.2, 0) is 4.79 Å². The zero-order valence-electron chi connectivity index (χ0n) is 9.50. The summed E-state index contributed by atoms with van der Waals surface area (Å²) in [5.41, 5.74) is 0. The minimum atomic E-state index is -0.355. The zero-order valence-corrected chi connectivity index (χ0v) is 9.50. The fraction of sp³-hybridized carbons (Fsp3) is 0.818. The number of nitrogens with zero attached hydrogens (tertiary/aromatic N) is 1. The van der Waals surface area contributed by atoms with Crippen LogP contribution < -0.4 is 5.32 Å². The summed E-state index contributed by atoms with van der Waals surface area (Å²) in [6.07, 6.45) is 1.51. The third-order valence-corrected chi connectivity index (χ3v) is 2.35. The number of nitrogens with one attached hydrogen (secondary N) is 1. The average Bonchev–Trinajstić information content (AvgIpc) is 2.13. The highest BCUT2D eigenvalue weighted by atomic mass is 16.1. The Morgan fingerprint density at radius 1 is 1.43 bits per heavy atom. The molecule has 0 saturated heterocycles. The third-order valence-electron chi connectivity index (χ3n) is 2.35. The molecule has 1 amide bonds. The summed E-state index contributed by atoms with van der Waals surface area (Å²) in [6.45, 7) is 7.95. The number of rotatable bonds is 5. The van der Waals surface area contributed by atoms with Crippen molar-refractivity contribution in [1.29, 1.82) is 5.26 Å². The van der Waals surface area contributed by atoms with Crippen LogP contribution in [0.15, 0.2) is 0 Å². The van der Waals surface area contributed by atoms with Crippen molar-refractivity contribution in [2.75, 3.05) is 0 Å². The lowest BCUT2D eigenvalue weighted by molar-refractivity contribution is -0.122. The van der Waals surface area contributed by atoms with Gasteiger partial charge in [0.15, 0.2) is 0 Å². The monoisotopic (exact) mass is 196 g/mol. The van der Waals surface area contributed by atoms with Crippen LogP contribution in [0.25, 0.3) is 0 Å². The highest BCUT2D eigenvalue weighted by Gasteiger charge is 2.16. The molecule has 1 N–H and O–H groups in total. The van der Waals surface area contributed by atoms with Gasteiger partial charge in [-0.15, -0.1) is 0 Å². The Morgan fingerprint density at radius 3 is 2.36 bits per heavy atom. The molecule has 0 bridgehead atoms. The van der Waals surface area contributed by atoms with Gasteiger partial charge in [0, 0.05) is 6.42 Å². The molecule has 0 aromatic carbocycles. The van der Waals surface area contributed by atoms with Gasteiger partial charge in [-0.1, -0.05) is 34.1 Å². The number of nitriles is 1. The van der Waals surface area contributed by atoms with Crippen LogP contribution in [0.5, 0.6) is 0 Å². The largest absolute Gasteiger partial charge is 0.340 e. The van der Waals surface area contributed by atoms with E-state index < -0.39 is 0 Å². The van der Waals surface area contributed by atoms with Gasteiger partial charge < -0.3 is 5.32 Å². The Bertz CT molecular complexity index is 218. The number of amides is 1. The minimum Gasteiger partial charge on any atom is -0.340 e. The van der Waals surface area contributed by atoms with E-state index in [9.17, 15) is 4.79 Å². The Morgan fingerprint density at radius 2 is 2.00 bits per heavy atom. The van der Waals surface area contributed by atoms with Crippen LogP contribution in [0.2, 0.25) is 0 Å². The predicted octanol–water partition coefficient (Wildman–Crippen LogP) is 2.09. The number of carbonyl (C=O) groups is 1. The molecular formula is C11H20N2O. The fourth-order valence-corrected chi connectivity index (χ4v) is 1.04.